The zero-order valence-electron chi connectivity index (χ0n) is 17.0. The summed E-state index contributed by atoms with van der Waals surface area (Å²) in [7, 11) is 0. The summed E-state index contributed by atoms with van der Waals surface area (Å²) in [6.07, 6.45) is 2.25. The number of hydrogen-bond donors (Lipinski definition) is 1. The lowest BCUT2D eigenvalue weighted by molar-refractivity contribution is -0.135. The monoisotopic (exact) mass is 389 g/mol. The quantitative estimate of drug-likeness (QED) is 0.618. The van der Waals surface area contributed by atoms with Gasteiger partial charge in [-0.2, -0.15) is 0 Å². The Morgan fingerprint density at radius 3 is 2.50 bits per heavy atom. The van der Waals surface area contributed by atoms with Gasteiger partial charge in [0, 0.05) is 45.8 Å². The average Bonchev–Trinajstić information content (AvgIpc) is 3.25. The van der Waals surface area contributed by atoms with Gasteiger partial charge in [-0.25, -0.2) is 9.38 Å². The van der Waals surface area contributed by atoms with Gasteiger partial charge >= 0.3 is 0 Å². The van der Waals surface area contributed by atoms with E-state index in [0.29, 0.717) is 6.54 Å². The van der Waals surface area contributed by atoms with Gasteiger partial charge in [-0.3, -0.25) is 9.69 Å². The largest absolute Gasteiger partial charge is 0.357 e. The number of carbonyl (C=O) groups is 1. The summed E-state index contributed by atoms with van der Waals surface area (Å²) >= 11 is 0. The van der Waals surface area contributed by atoms with Crippen molar-refractivity contribution in [2.75, 3.05) is 45.8 Å². The predicted octanol–water partition coefficient (Wildman–Crippen LogP) is 1.92. The Labute approximate surface area is 167 Å². The summed E-state index contributed by atoms with van der Waals surface area (Å²) in [4.78, 5) is 23.8. The molecule has 3 rings (SSSR count). The number of nitrogens with zero attached hydrogens (tertiary/aromatic N) is 4. The zero-order chi connectivity index (χ0) is 19.9. The van der Waals surface area contributed by atoms with E-state index in [1.54, 1.807) is 6.07 Å². The maximum Gasteiger partial charge on any atom is 0.239 e. The Kier molecular flexibility index (Phi) is 7.25. The van der Waals surface area contributed by atoms with E-state index in [1.165, 1.54) is 12.1 Å². The van der Waals surface area contributed by atoms with Crippen LogP contribution in [0.3, 0.4) is 0 Å². The van der Waals surface area contributed by atoms with Crippen LogP contribution in [0.15, 0.2) is 29.3 Å². The maximum atomic E-state index is 13.4. The van der Waals surface area contributed by atoms with E-state index < -0.39 is 0 Å². The predicted molar refractivity (Wildman–Crippen MR) is 110 cm³/mol. The van der Waals surface area contributed by atoms with E-state index in [9.17, 15) is 9.18 Å². The van der Waals surface area contributed by atoms with Gasteiger partial charge in [-0.1, -0.05) is 12.1 Å². The van der Waals surface area contributed by atoms with E-state index >= 15 is 0 Å². The van der Waals surface area contributed by atoms with Crippen molar-refractivity contribution in [3.05, 3.63) is 35.6 Å². The summed E-state index contributed by atoms with van der Waals surface area (Å²) in [6.45, 7) is 10.4. The fourth-order valence-electron chi connectivity index (χ4n) is 3.91. The number of benzene rings is 1. The molecule has 1 unspecified atom stereocenters. The van der Waals surface area contributed by atoms with Crippen molar-refractivity contribution in [3.8, 4) is 0 Å². The Hall–Kier alpha value is -2.15. The highest BCUT2D eigenvalue weighted by atomic mass is 19.1. The van der Waals surface area contributed by atoms with Gasteiger partial charge < -0.3 is 15.1 Å². The van der Waals surface area contributed by atoms with Gasteiger partial charge in [0.1, 0.15) is 5.82 Å². The maximum absolute atomic E-state index is 13.4. The van der Waals surface area contributed by atoms with Gasteiger partial charge in [0.25, 0.3) is 0 Å². The van der Waals surface area contributed by atoms with Crippen molar-refractivity contribution in [2.45, 2.75) is 39.3 Å². The van der Waals surface area contributed by atoms with E-state index in [-0.39, 0.29) is 17.8 Å². The summed E-state index contributed by atoms with van der Waals surface area (Å²) < 4.78 is 13.4. The highest BCUT2D eigenvalue weighted by Gasteiger charge is 2.30. The molecule has 1 N–H and O–H groups in total. The first-order valence-corrected chi connectivity index (χ1v) is 10.4. The lowest BCUT2D eigenvalue weighted by Gasteiger charge is -2.39. The number of piperazine rings is 1. The van der Waals surface area contributed by atoms with Gasteiger partial charge in [-0.15, -0.1) is 0 Å². The van der Waals surface area contributed by atoms with E-state index in [2.05, 4.69) is 20.1 Å². The molecule has 2 aliphatic heterocycles. The summed E-state index contributed by atoms with van der Waals surface area (Å²) in [5.74, 6) is 0.880. The molecule has 6 nitrogen and oxygen atoms in total. The first-order chi connectivity index (χ1) is 13.6. The fourth-order valence-corrected chi connectivity index (χ4v) is 3.91. The molecule has 0 aromatic heterocycles. The van der Waals surface area contributed by atoms with Gasteiger partial charge in [-0.05, 0) is 44.4 Å². The molecule has 2 aliphatic rings. The molecule has 1 aromatic rings. The van der Waals surface area contributed by atoms with Crippen LogP contribution < -0.4 is 5.32 Å². The minimum absolute atomic E-state index is 0.0629. The minimum atomic E-state index is -0.233. The summed E-state index contributed by atoms with van der Waals surface area (Å²) in [5, 5.41) is 3.34. The molecule has 0 radical (unpaired) electrons. The molecule has 0 aliphatic carbocycles. The topological polar surface area (TPSA) is 51.2 Å². The van der Waals surface area contributed by atoms with Crippen LogP contribution in [-0.4, -0.2) is 78.4 Å². The van der Waals surface area contributed by atoms with Crippen LogP contribution in [0.4, 0.5) is 4.39 Å². The SMILES string of the molecule is CCNC(=NCc1cccc(F)c1)N1CCN(C(C)C(=O)N2CCCC2)CC1. The number of halogens is 1. The number of amides is 1. The average molecular weight is 390 g/mol. The second kappa shape index (κ2) is 9.87. The van der Waals surface area contributed by atoms with Crippen LogP contribution >= 0.6 is 0 Å². The molecule has 2 fully saturated rings. The molecule has 28 heavy (non-hydrogen) atoms. The third-order valence-corrected chi connectivity index (χ3v) is 5.57. The number of nitrogens with one attached hydrogen (secondary N) is 1. The third kappa shape index (κ3) is 5.22. The molecule has 1 atom stereocenters. The van der Waals surface area contributed by atoms with Crippen LogP contribution in [0.25, 0.3) is 0 Å². The molecule has 0 bridgehead atoms. The molecule has 7 heteroatoms. The molecule has 154 valence electrons. The zero-order valence-corrected chi connectivity index (χ0v) is 17.0. The summed E-state index contributed by atoms with van der Waals surface area (Å²) in [5.41, 5.74) is 0.860. The van der Waals surface area contributed by atoms with Crippen LogP contribution in [0.1, 0.15) is 32.3 Å². The molecule has 0 spiro atoms. The molecule has 2 heterocycles. The Bertz CT molecular complexity index is 681. The van der Waals surface area contributed by atoms with Crippen LogP contribution in [-0.2, 0) is 11.3 Å². The third-order valence-electron chi connectivity index (χ3n) is 5.57. The Morgan fingerprint density at radius 2 is 1.86 bits per heavy atom. The number of guanidine groups is 1. The molecular formula is C21H32FN5O. The van der Waals surface area contributed by atoms with E-state index in [4.69, 9.17) is 0 Å². The first-order valence-electron chi connectivity index (χ1n) is 10.4. The van der Waals surface area contributed by atoms with Crippen molar-refractivity contribution < 1.29 is 9.18 Å². The Morgan fingerprint density at radius 1 is 1.14 bits per heavy atom. The summed E-state index contributed by atoms with van der Waals surface area (Å²) in [6, 6.07) is 6.51. The normalized spacial score (nSPS) is 19.8. The van der Waals surface area contributed by atoms with E-state index in [1.807, 2.05) is 24.8 Å². The molecule has 0 saturated carbocycles. The highest BCUT2D eigenvalue weighted by molar-refractivity contribution is 5.82. The number of aliphatic imine (C=N–C) groups is 1. The second-order valence-electron chi connectivity index (χ2n) is 7.53. The lowest BCUT2D eigenvalue weighted by Crippen LogP contribution is -2.57. The minimum Gasteiger partial charge on any atom is -0.357 e. The standard InChI is InChI=1S/C21H32FN5O/c1-3-23-21(24-16-18-7-6-8-19(22)15-18)27-13-11-25(12-14-27)17(2)20(28)26-9-4-5-10-26/h6-8,15,17H,3-5,9-14,16H2,1-2H3,(H,23,24). The molecule has 2 saturated heterocycles. The van der Waals surface area contributed by atoms with Crippen LogP contribution in [0.5, 0.6) is 0 Å². The Balaban J connectivity index is 1.56. The van der Waals surface area contributed by atoms with Gasteiger partial charge in [0.2, 0.25) is 5.91 Å². The first kappa shape index (κ1) is 20.6. The molecule has 1 aromatic carbocycles. The number of hydrogen-bond acceptors (Lipinski definition) is 3. The number of rotatable bonds is 5. The second-order valence-corrected chi connectivity index (χ2v) is 7.53. The van der Waals surface area contributed by atoms with Crippen molar-refractivity contribution in [3.63, 3.8) is 0 Å². The van der Waals surface area contributed by atoms with Crippen LogP contribution in [0, 0.1) is 5.82 Å². The lowest BCUT2D eigenvalue weighted by atomic mass is 10.2. The smallest absolute Gasteiger partial charge is 0.239 e. The molecular weight excluding hydrogens is 357 g/mol. The number of carbonyl (C=O) groups excluding carboxylic acids is 1. The van der Waals surface area contributed by atoms with Crippen molar-refractivity contribution >= 4 is 11.9 Å². The van der Waals surface area contributed by atoms with Crippen molar-refractivity contribution in [1.29, 1.82) is 0 Å². The highest BCUT2D eigenvalue weighted by Crippen LogP contribution is 2.14. The molecule has 1 amide bonds. The van der Waals surface area contributed by atoms with Crippen molar-refractivity contribution in [1.82, 2.24) is 20.0 Å². The van der Waals surface area contributed by atoms with Gasteiger partial charge in [0.05, 0.1) is 12.6 Å². The van der Waals surface area contributed by atoms with Gasteiger partial charge in [0.15, 0.2) is 5.96 Å². The van der Waals surface area contributed by atoms with E-state index in [0.717, 1.165) is 70.2 Å². The van der Waals surface area contributed by atoms with Crippen molar-refractivity contribution in [2.24, 2.45) is 4.99 Å². The van der Waals surface area contributed by atoms with Crippen LogP contribution in [0.2, 0.25) is 0 Å². The fraction of sp³-hybridized carbons (Fsp3) is 0.619. The number of likely N-dealkylation sites (tertiary alicyclic amines) is 1.